The summed E-state index contributed by atoms with van der Waals surface area (Å²) >= 11 is 6.44. The van der Waals surface area contributed by atoms with Gasteiger partial charge in [-0.25, -0.2) is 4.68 Å². The van der Waals surface area contributed by atoms with E-state index in [9.17, 15) is 14.7 Å². The van der Waals surface area contributed by atoms with Crippen LogP contribution < -0.4 is 14.2 Å². The third-order valence-electron chi connectivity index (χ3n) is 6.32. The van der Waals surface area contributed by atoms with Crippen LogP contribution in [0.4, 0.5) is 5.69 Å². The van der Waals surface area contributed by atoms with Gasteiger partial charge in [-0.15, -0.1) is 5.10 Å². The molecule has 0 saturated carbocycles. The largest absolute Gasteiger partial charge is 0.507 e. The number of aliphatic hydroxyl groups is 1. The van der Waals surface area contributed by atoms with E-state index in [2.05, 4.69) is 20.5 Å². The number of hydrogen-bond donors (Lipinski definition) is 1. The van der Waals surface area contributed by atoms with Crippen molar-refractivity contribution < 1.29 is 28.9 Å². The molecular formula is C24H20ClN5O6. The van der Waals surface area contributed by atoms with E-state index in [1.165, 1.54) is 37.5 Å². The molecule has 0 fully saturated rings. The summed E-state index contributed by atoms with van der Waals surface area (Å²) < 4.78 is 18.2. The van der Waals surface area contributed by atoms with E-state index in [-0.39, 0.29) is 45.6 Å². The average molecular weight is 510 g/mol. The van der Waals surface area contributed by atoms with Crippen LogP contribution in [0.5, 0.6) is 17.2 Å². The number of Topliss-reactive ketones (excluding diaryl/α,β-unsaturated/α-hetero) is 2. The van der Waals surface area contributed by atoms with Crippen molar-refractivity contribution in [2.24, 2.45) is 10.9 Å². The van der Waals surface area contributed by atoms with E-state index in [1.54, 1.807) is 31.2 Å². The van der Waals surface area contributed by atoms with Gasteiger partial charge >= 0.3 is 0 Å². The van der Waals surface area contributed by atoms with Crippen LogP contribution in [0.2, 0.25) is 5.02 Å². The number of aliphatic imine (C=N–C) groups is 1. The molecule has 1 aliphatic carbocycles. The lowest BCUT2D eigenvalue weighted by molar-refractivity contribution is -0.118. The minimum Gasteiger partial charge on any atom is -0.507 e. The minimum absolute atomic E-state index is 0.0279. The number of ketones is 2. The van der Waals surface area contributed by atoms with Crippen molar-refractivity contribution >= 4 is 35.1 Å². The standard InChI is InChI=1S/C24H20ClN5O6/c1-12-8-16(31)15(10-26-13-4-6-14(7-5-13)30-11-27-28-29-30)22(32)24(12)23(33)19-17(34-2)9-18(35-3)20(25)21(19)36-24/h4-7,9-12,32H,8H2,1-3H3. The predicted molar refractivity (Wildman–Crippen MR) is 128 cm³/mol. The quantitative estimate of drug-likeness (QED) is 0.512. The van der Waals surface area contributed by atoms with E-state index < -0.39 is 23.1 Å². The van der Waals surface area contributed by atoms with Crippen LogP contribution in [0.3, 0.4) is 0 Å². The van der Waals surface area contributed by atoms with Crippen LogP contribution in [0.15, 0.2) is 53.0 Å². The maximum absolute atomic E-state index is 13.7. The topological polar surface area (TPSA) is 138 Å². The van der Waals surface area contributed by atoms with Crippen LogP contribution in [0.1, 0.15) is 23.7 Å². The molecule has 2 unspecified atom stereocenters. The summed E-state index contributed by atoms with van der Waals surface area (Å²) in [7, 11) is 2.82. The van der Waals surface area contributed by atoms with Gasteiger partial charge < -0.3 is 19.3 Å². The fourth-order valence-corrected chi connectivity index (χ4v) is 4.69. The fourth-order valence-electron chi connectivity index (χ4n) is 4.42. The Morgan fingerprint density at radius 3 is 2.58 bits per heavy atom. The number of nitrogens with zero attached hydrogens (tertiary/aromatic N) is 5. The Kier molecular flexibility index (Phi) is 5.71. The number of methoxy groups -OCH3 is 2. The van der Waals surface area contributed by atoms with Crippen LogP contribution in [-0.4, -0.2) is 62.9 Å². The summed E-state index contributed by atoms with van der Waals surface area (Å²) in [5.74, 6) is -1.70. The lowest BCUT2D eigenvalue weighted by atomic mass is 9.73. The van der Waals surface area contributed by atoms with Crippen molar-refractivity contribution in [1.82, 2.24) is 20.2 Å². The summed E-state index contributed by atoms with van der Waals surface area (Å²) in [6.45, 7) is 1.65. The van der Waals surface area contributed by atoms with Gasteiger partial charge in [0.05, 0.1) is 31.2 Å². The Balaban J connectivity index is 1.55. The highest BCUT2D eigenvalue weighted by molar-refractivity contribution is 6.35. The number of halogens is 1. The first-order valence-electron chi connectivity index (χ1n) is 10.8. The molecule has 1 aliphatic heterocycles. The van der Waals surface area contributed by atoms with Gasteiger partial charge in [0, 0.05) is 24.6 Å². The second kappa shape index (κ2) is 8.76. The van der Waals surface area contributed by atoms with Crippen LogP contribution in [-0.2, 0) is 4.79 Å². The molecule has 1 aromatic heterocycles. The van der Waals surface area contributed by atoms with Gasteiger partial charge in [0.25, 0.3) is 0 Å². The van der Waals surface area contributed by atoms with E-state index in [1.807, 2.05) is 0 Å². The van der Waals surface area contributed by atoms with Gasteiger partial charge in [-0.2, -0.15) is 0 Å². The first-order chi connectivity index (χ1) is 17.3. The van der Waals surface area contributed by atoms with Crippen molar-refractivity contribution in [3.05, 3.63) is 58.6 Å². The molecule has 1 N–H and O–H groups in total. The Labute approximate surface area is 209 Å². The number of carbonyl (C=O) groups is 2. The van der Waals surface area contributed by atoms with E-state index in [0.717, 1.165) is 0 Å². The maximum Gasteiger partial charge on any atom is 0.231 e. The highest BCUT2D eigenvalue weighted by atomic mass is 35.5. The van der Waals surface area contributed by atoms with Gasteiger partial charge in [0.2, 0.25) is 11.4 Å². The molecule has 12 heteroatoms. The van der Waals surface area contributed by atoms with Gasteiger partial charge in [-0.05, 0) is 34.7 Å². The number of ether oxygens (including phenoxy) is 3. The normalized spacial score (nSPS) is 21.3. The molecule has 2 aromatic carbocycles. The zero-order valence-electron chi connectivity index (χ0n) is 19.4. The molecule has 1 spiro atoms. The minimum atomic E-state index is -1.86. The molecule has 0 saturated heterocycles. The van der Waals surface area contributed by atoms with E-state index >= 15 is 0 Å². The molecule has 2 aliphatic rings. The van der Waals surface area contributed by atoms with Gasteiger partial charge in [-0.1, -0.05) is 18.5 Å². The lowest BCUT2D eigenvalue weighted by Gasteiger charge is -2.36. The highest BCUT2D eigenvalue weighted by Gasteiger charge is 2.60. The van der Waals surface area contributed by atoms with Crippen molar-refractivity contribution in [3.8, 4) is 22.9 Å². The van der Waals surface area contributed by atoms with E-state index in [0.29, 0.717) is 11.4 Å². The summed E-state index contributed by atoms with van der Waals surface area (Å²) in [4.78, 5) is 30.9. The first kappa shape index (κ1) is 23.5. The number of tetrazole rings is 1. The second-order valence-electron chi connectivity index (χ2n) is 8.29. The Morgan fingerprint density at radius 1 is 1.22 bits per heavy atom. The Bertz CT molecular complexity index is 1430. The van der Waals surface area contributed by atoms with Gasteiger partial charge in [0.1, 0.15) is 28.4 Å². The van der Waals surface area contributed by atoms with Crippen molar-refractivity contribution in [1.29, 1.82) is 0 Å². The first-order valence-corrected chi connectivity index (χ1v) is 11.2. The molecule has 0 radical (unpaired) electrons. The zero-order chi connectivity index (χ0) is 25.6. The lowest BCUT2D eigenvalue weighted by Crippen LogP contribution is -2.52. The molecule has 2 heterocycles. The van der Waals surface area contributed by atoms with Crippen LogP contribution in [0.25, 0.3) is 5.69 Å². The third-order valence-corrected chi connectivity index (χ3v) is 6.68. The summed E-state index contributed by atoms with van der Waals surface area (Å²) in [5, 5.41) is 22.4. The smallest absolute Gasteiger partial charge is 0.231 e. The van der Waals surface area contributed by atoms with Gasteiger partial charge in [-0.3, -0.25) is 14.6 Å². The molecule has 3 aromatic rings. The summed E-state index contributed by atoms with van der Waals surface area (Å²) in [6.07, 6.45) is 2.63. The molecular weight excluding hydrogens is 490 g/mol. The number of aliphatic hydroxyl groups excluding tert-OH is 1. The monoisotopic (exact) mass is 509 g/mol. The molecule has 0 bridgehead atoms. The van der Waals surface area contributed by atoms with Crippen molar-refractivity contribution in [2.75, 3.05) is 14.2 Å². The van der Waals surface area contributed by atoms with Gasteiger partial charge in [0.15, 0.2) is 17.3 Å². The SMILES string of the molecule is COc1cc(OC)c2c(c1Cl)OC1(C2=O)C(O)=C(C=Nc2ccc(-n3cnnn3)cc2)C(=O)CC1C. The predicted octanol–water partition coefficient (Wildman–Crippen LogP) is 3.47. The highest BCUT2D eigenvalue weighted by Crippen LogP contribution is 2.54. The molecule has 11 nitrogen and oxygen atoms in total. The Morgan fingerprint density at radius 2 is 1.94 bits per heavy atom. The fraction of sp³-hybridized carbons (Fsp3) is 0.250. The number of allylic oxidation sites excluding steroid dienone is 1. The van der Waals surface area contributed by atoms with E-state index in [4.69, 9.17) is 25.8 Å². The number of carbonyl (C=O) groups excluding carboxylic acids is 2. The molecule has 184 valence electrons. The zero-order valence-corrected chi connectivity index (χ0v) is 20.2. The molecule has 0 amide bonds. The molecule has 36 heavy (non-hydrogen) atoms. The Hall–Kier alpha value is -4.25. The summed E-state index contributed by atoms with van der Waals surface area (Å²) in [5.41, 5.74) is -0.688. The maximum atomic E-state index is 13.7. The number of hydrogen-bond acceptors (Lipinski definition) is 10. The third kappa shape index (κ3) is 3.42. The second-order valence-corrected chi connectivity index (χ2v) is 8.66. The number of fused-ring (bicyclic) bond motifs is 1. The van der Waals surface area contributed by atoms with Crippen LogP contribution >= 0.6 is 11.6 Å². The van der Waals surface area contributed by atoms with Crippen molar-refractivity contribution in [3.63, 3.8) is 0 Å². The number of rotatable bonds is 5. The van der Waals surface area contributed by atoms with Crippen LogP contribution in [0, 0.1) is 5.92 Å². The number of aromatic nitrogens is 4. The van der Waals surface area contributed by atoms with Crippen molar-refractivity contribution in [2.45, 2.75) is 18.9 Å². The number of benzene rings is 2. The summed E-state index contributed by atoms with van der Waals surface area (Å²) in [6, 6.07) is 8.35. The molecule has 5 rings (SSSR count). The molecule has 2 atom stereocenters. The average Bonchev–Trinajstić information content (AvgIpc) is 3.52.